The molecule has 0 aromatic heterocycles. The van der Waals surface area contributed by atoms with E-state index in [2.05, 4.69) is 22.9 Å². The van der Waals surface area contributed by atoms with Crippen LogP contribution in [0.2, 0.25) is 5.02 Å². The Morgan fingerprint density at radius 2 is 1.96 bits per heavy atom. The SMILES string of the molecule is CC(CC(=O)Nc1ccc(Cl)c(C(=O)NC2CC2)c1)C1CCNCC1. The Hall–Kier alpha value is -1.59. The van der Waals surface area contributed by atoms with Crippen molar-refractivity contribution >= 4 is 29.1 Å². The highest BCUT2D eigenvalue weighted by molar-refractivity contribution is 6.34. The molecule has 1 aromatic rings. The highest BCUT2D eigenvalue weighted by Gasteiger charge is 2.25. The Labute approximate surface area is 153 Å². The highest BCUT2D eigenvalue weighted by Crippen LogP contribution is 2.26. The van der Waals surface area contributed by atoms with Gasteiger partial charge in [-0.3, -0.25) is 9.59 Å². The molecule has 1 unspecified atom stereocenters. The van der Waals surface area contributed by atoms with Crippen molar-refractivity contribution in [1.29, 1.82) is 0 Å². The van der Waals surface area contributed by atoms with Gasteiger partial charge in [0, 0.05) is 18.2 Å². The van der Waals surface area contributed by atoms with Gasteiger partial charge in [0.1, 0.15) is 0 Å². The minimum absolute atomic E-state index is 0.0121. The molecule has 1 aliphatic heterocycles. The van der Waals surface area contributed by atoms with E-state index in [0.717, 1.165) is 38.8 Å². The fourth-order valence-corrected chi connectivity index (χ4v) is 3.56. The van der Waals surface area contributed by atoms with Crippen LogP contribution in [0.1, 0.15) is 49.4 Å². The molecule has 0 radical (unpaired) electrons. The molecule has 1 saturated heterocycles. The number of halogens is 1. The second kappa shape index (κ2) is 8.19. The van der Waals surface area contributed by atoms with Crippen molar-refractivity contribution in [2.45, 2.75) is 45.1 Å². The minimum atomic E-state index is -0.174. The van der Waals surface area contributed by atoms with Crippen LogP contribution in [0.25, 0.3) is 0 Å². The van der Waals surface area contributed by atoms with Crippen molar-refractivity contribution in [3.05, 3.63) is 28.8 Å². The van der Waals surface area contributed by atoms with Gasteiger partial charge in [-0.25, -0.2) is 0 Å². The number of benzene rings is 1. The number of anilines is 1. The third-order valence-corrected chi connectivity index (χ3v) is 5.43. The van der Waals surface area contributed by atoms with Gasteiger partial charge < -0.3 is 16.0 Å². The molecule has 1 saturated carbocycles. The molecule has 5 nitrogen and oxygen atoms in total. The van der Waals surface area contributed by atoms with Crippen LogP contribution in [0.5, 0.6) is 0 Å². The Bertz CT molecular complexity index is 640. The smallest absolute Gasteiger partial charge is 0.253 e. The van der Waals surface area contributed by atoms with Crippen molar-refractivity contribution in [1.82, 2.24) is 10.6 Å². The zero-order valence-electron chi connectivity index (χ0n) is 14.6. The third kappa shape index (κ3) is 5.19. The molecule has 0 spiro atoms. The largest absolute Gasteiger partial charge is 0.349 e. The minimum Gasteiger partial charge on any atom is -0.349 e. The molecular weight excluding hydrogens is 338 g/mol. The number of hydrogen-bond acceptors (Lipinski definition) is 3. The van der Waals surface area contributed by atoms with Crippen LogP contribution in [0.4, 0.5) is 5.69 Å². The normalized spacial score (nSPS) is 19.3. The zero-order chi connectivity index (χ0) is 17.8. The summed E-state index contributed by atoms with van der Waals surface area (Å²) in [6.07, 6.45) is 4.79. The first-order chi connectivity index (χ1) is 12.0. The quantitative estimate of drug-likeness (QED) is 0.726. The average Bonchev–Trinajstić information content (AvgIpc) is 3.41. The van der Waals surface area contributed by atoms with Crippen molar-refractivity contribution in [2.24, 2.45) is 11.8 Å². The van der Waals surface area contributed by atoms with Crippen molar-refractivity contribution < 1.29 is 9.59 Å². The summed E-state index contributed by atoms with van der Waals surface area (Å²) < 4.78 is 0. The van der Waals surface area contributed by atoms with Crippen LogP contribution in [0.15, 0.2) is 18.2 Å². The number of nitrogens with one attached hydrogen (secondary N) is 3. The molecular formula is C19H26ClN3O2. The first-order valence-electron chi connectivity index (χ1n) is 9.14. The van der Waals surface area contributed by atoms with E-state index in [-0.39, 0.29) is 17.9 Å². The van der Waals surface area contributed by atoms with E-state index in [1.54, 1.807) is 18.2 Å². The number of rotatable bonds is 6. The molecule has 1 aliphatic carbocycles. The van der Waals surface area contributed by atoms with E-state index < -0.39 is 0 Å². The Kier molecular flexibility index (Phi) is 5.97. The number of carbonyl (C=O) groups is 2. The lowest BCUT2D eigenvalue weighted by Gasteiger charge is -2.27. The summed E-state index contributed by atoms with van der Waals surface area (Å²) in [5, 5.41) is 9.59. The van der Waals surface area contributed by atoms with E-state index >= 15 is 0 Å². The van der Waals surface area contributed by atoms with E-state index in [1.165, 1.54) is 0 Å². The summed E-state index contributed by atoms with van der Waals surface area (Å²) >= 11 is 6.14. The van der Waals surface area contributed by atoms with Gasteiger partial charge >= 0.3 is 0 Å². The van der Waals surface area contributed by atoms with Gasteiger partial charge in [-0.1, -0.05) is 18.5 Å². The molecule has 1 aromatic carbocycles. The van der Waals surface area contributed by atoms with Gasteiger partial charge in [-0.2, -0.15) is 0 Å². The van der Waals surface area contributed by atoms with Gasteiger partial charge in [0.15, 0.2) is 0 Å². The van der Waals surface area contributed by atoms with Gasteiger partial charge in [-0.05, 0) is 68.8 Å². The standard InChI is InChI=1S/C19H26ClN3O2/c1-12(13-6-8-21-9-7-13)10-18(24)22-15-4-5-17(20)16(11-15)19(25)23-14-2-3-14/h4-5,11-14,21H,2-3,6-10H2,1H3,(H,22,24)(H,23,25). The molecule has 3 rings (SSSR count). The topological polar surface area (TPSA) is 70.2 Å². The molecule has 25 heavy (non-hydrogen) atoms. The molecule has 136 valence electrons. The first-order valence-corrected chi connectivity index (χ1v) is 9.51. The number of hydrogen-bond donors (Lipinski definition) is 3. The van der Waals surface area contributed by atoms with Crippen LogP contribution < -0.4 is 16.0 Å². The Balaban J connectivity index is 1.57. The van der Waals surface area contributed by atoms with Crippen molar-refractivity contribution in [3.8, 4) is 0 Å². The van der Waals surface area contributed by atoms with Gasteiger partial charge in [-0.15, -0.1) is 0 Å². The first kappa shape index (κ1) is 18.2. The van der Waals surface area contributed by atoms with E-state index in [4.69, 9.17) is 11.6 Å². The van der Waals surface area contributed by atoms with E-state index in [9.17, 15) is 9.59 Å². The molecule has 0 bridgehead atoms. The number of amides is 2. The summed E-state index contributed by atoms with van der Waals surface area (Å²) in [4.78, 5) is 24.6. The molecule has 2 fully saturated rings. The molecule has 6 heteroatoms. The molecule has 2 amide bonds. The van der Waals surface area contributed by atoms with Gasteiger partial charge in [0.25, 0.3) is 5.91 Å². The molecule has 2 aliphatic rings. The van der Waals surface area contributed by atoms with Crippen molar-refractivity contribution in [3.63, 3.8) is 0 Å². The molecule has 3 N–H and O–H groups in total. The maximum atomic E-state index is 12.4. The second-order valence-corrected chi connectivity index (χ2v) is 7.67. The summed E-state index contributed by atoms with van der Waals surface area (Å²) in [5.41, 5.74) is 1.03. The fraction of sp³-hybridized carbons (Fsp3) is 0.579. The summed E-state index contributed by atoms with van der Waals surface area (Å²) in [7, 11) is 0. The fourth-order valence-electron chi connectivity index (χ4n) is 3.35. The van der Waals surface area contributed by atoms with E-state index in [0.29, 0.717) is 34.5 Å². The Morgan fingerprint density at radius 3 is 2.64 bits per heavy atom. The van der Waals surface area contributed by atoms with Crippen LogP contribution >= 0.6 is 11.6 Å². The van der Waals surface area contributed by atoms with Crippen LogP contribution in [0, 0.1) is 11.8 Å². The van der Waals surface area contributed by atoms with Gasteiger partial charge in [0.05, 0.1) is 10.6 Å². The maximum absolute atomic E-state index is 12.4. The second-order valence-electron chi connectivity index (χ2n) is 7.26. The summed E-state index contributed by atoms with van der Waals surface area (Å²) in [6.45, 7) is 4.21. The average molecular weight is 364 g/mol. The predicted octanol–water partition coefficient (Wildman–Crippen LogP) is 3.20. The monoisotopic (exact) mass is 363 g/mol. The van der Waals surface area contributed by atoms with Crippen LogP contribution in [-0.2, 0) is 4.79 Å². The maximum Gasteiger partial charge on any atom is 0.253 e. The number of carbonyl (C=O) groups excluding carboxylic acids is 2. The van der Waals surface area contributed by atoms with Crippen LogP contribution in [-0.4, -0.2) is 30.9 Å². The summed E-state index contributed by atoms with van der Waals surface area (Å²) in [5.74, 6) is 0.762. The highest BCUT2D eigenvalue weighted by atomic mass is 35.5. The lowest BCUT2D eigenvalue weighted by molar-refractivity contribution is -0.117. The lowest BCUT2D eigenvalue weighted by atomic mass is 9.84. The Morgan fingerprint density at radius 1 is 1.24 bits per heavy atom. The van der Waals surface area contributed by atoms with Crippen molar-refractivity contribution in [2.75, 3.05) is 18.4 Å². The molecule has 1 heterocycles. The van der Waals surface area contributed by atoms with E-state index in [1.807, 2.05) is 0 Å². The predicted molar refractivity (Wildman–Crippen MR) is 99.9 cm³/mol. The van der Waals surface area contributed by atoms with Crippen LogP contribution in [0.3, 0.4) is 0 Å². The molecule has 1 atom stereocenters. The van der Waals surface area contributed by atoms with Gasteiger partial charge in [0.2, 0.25) is 5.91 Å². The number of piperidine rings is 1. The summed E-state index contributed by atoms with van der Waals surface area (Å²) in [6, 6.07) is 5.33. The third-order valence-electron chi connectivity index (χ3n) is 5.10. The lowest BCUT2D eigenvalue weighted by Crippen LogP contribution is -2.32. The zero-order valence-corrected chi connectivity index (χ0v) is 15.4.